The highest BCUT2D eigenvalue weighted by atomic mass is 35.5. The van der Waals surface area contributed by atoms with E-state index in [1.807, 2.05) is 39.1 Å². The number of carbonyl (C=O) groups excluding carboxylic acids is 1. The smallest absolute Gasteiger partial charge is 0.265 e. The van der Waals surface area contributed by atoms with Crippen molar-refractivity contribution < 1.29 is 4.79 Å². The van der Waals surface area contributed by atoms with Gasteiger partial charge < -0.3 is 10.2 Å². The van der Waals surface area contributed by atoms with Crippen molar-refractivity contribution in [2.24, 2.45) is 0 Å². The first-order chi connectivity index (χ1) is 19.7. The van der Waals surface area contributed by atoms with Gasteiger partial charge in [-0.1, -0.05) is 69.6 Å². The lowest BCUT2D eigenvalue weighted by Gasteiger charge is -2.33. The summed E-state index contributed by atoms with van der Waals surface area (Å²) in [5, 5.41) is 6.63. The molecule has 0 aliphatic carbocycles. The Morgan fingerprint density at radius 3 is 2.41 bits per heavy atom. The van der Waals surface area contributed by atoms with Crippen LogP contribution in [0.3, 0.4) is 0 Å². The van der Waals surface area contributed by atoms with Crippen LogP contribution in [0.2, 0.25) is 5.02 Å². The van der Waals surface area contributed by atoms with E-state index in [2.05, 4.69) is 58.1 Å². The number of amides is 1. The van der Waals surface area contributed by atoms with Gasteiger partial charge in [-0.15, -0.1) is 11.3 Å². The van der Waals surface area contributed by atoms with Crippen molar-refractivity contribution in [2.75, 3.05) is 19.6 Å². The molecule has 1 atom stereocenters. The summed E-state index contributed by atoms with van der Waals surface area (Å²) in [6.07, 6.45) is 1.54. The average molecular weight is 589 g/mol. The standard InChI is InChI=1S/C33H37ClN4O2S/c1-6-22-9-8-10-23(7-2)30(22)38-29(20(3)4)26(32(39)37-16-15-35-21(5)18-37)17-27(33(38)40)31-36-28(19-41-31)24-11-13-25(34)14-12-24/h8-14,17,19-21,35H,6-7,15-16,18H2,1-5H3/t21-/m0/s1. The maximum atomic E-state index is 14.6. The van der Waals surface area contributed by atoms with Crippen molar-refractivity contribution in [3.63, 3.8) is 0 Å². The Bertz CT molecular complexity index is 1600. The van der Waals surface area contributed by atoms with E-state index < -0.39 is 0 Å². The second kappa shape index (κ2) is 12.3. The lowest BCUT2D eigenvalue weighted by molar-refractivity contribution is 0.0706. The van der Waals surface area contributed by atoms with Gasteiger partial charge in [0.05, 0.1) is 22.5 Å². The maximum absolute atomic E-state index is 14.6. The van der Waals surface area contributed by atoms with Crippen LogP contribution in [-0.2, 0) is 12.8 Å². The van der Waals surface area contributed by atoms with Crippen molar-refractivity contribution in [3.8, 4) is 27.5 Å². The zero-order chi connectivity index (χ0) is 29.3. The Kier molecular flexibility index (Phi) is 8.78. The number of aryl methyl sites for hydroxylation is 2. The zero-order valence-corrected chi connectivity index (χ0v) is 25.9. The second-order valence-electron chi connectivity index (χ2n) is 10.9. The monoisotopic (exact) mass is 588 g/mol. The van der Waals surface area contributed by atoms with Crippen molar-refractivity contribution in [1.82, 2.24) is 19.8 Å². The van der Waals surface area contributed by atoms with Crippen LogP contribution in [0.4, 0.5) is 0 Å². The molecular weight excluding hydrogens is 552 g/mol. The molecule has 1 aliphatic rings. The van der Waals surface area contributed by atoms with Gasteiger partial charge >= 0.3 is 0 Å². The Labute approximate surface area is 251 Å². The van der Waals surface area contributed by atoms with E-state index in [1.165, 1.54) is 11.3 Å². The lowest BCUT2D eigenvalue weighted by Crippen LogP contribution is -2.51. The highest BCUT2D eigenvalue weighted by Crippen LogP contribution is 2.33. The second-order valence-corrected chi connectivity index (χ2v) is 12.2. The van der Waals surface area contributed by atoms with Gasteiger partial charge in [-0.3, -0.25) is 14.2 Å². The minimum absolute atomic E-state index is 0.0430. The summed E-state index contributed by atoms with van der Waals surface area (Å²) >= 11 is 7.52. The van der Waals surface area contributed by atoms with E-state index in [0.29, 0.717) is 34.2 Å². The molecule has 4 aromatic rings. The molecule has 8 heteroatoms. The van der Waals surface area contributed by atoms with Gasteiger partial charge in [0.25, 0.3) is 11.5 Å². The SMILES string of the molecule is CCc1cccc(CC)c1-n1c(C(C)C)c(C(=O)N2CCN[C@@H](C)C2)cc(-c2nc(-c3ccc(Cl)cc3)cs2)c1=O. The molecule has 2 aromatic heterocycles. The number of rotatable bonds is 7. The highest BCUT2D eigenvalue weighted by Gasteiger charge is 2.30. The Balaban J connectivity index is 1.79. The number of piperazine rings is 1. The van der Waals surface area contributed by atoms with E-state index in [1.54, 1.807) is 6.07 Å². The first-order valence-corrected chi connectivity index (χ1v) is 15.6. The first-order valence-electron chi connectivity index (χ1n) is 14.4. The molecule has 41 heavy (non-hydrogen) atoms. The summed E-state index contributed by atoms with van der Waals surface area (Å²) in [7, 11) is 0. The van der Waals surface area contributed by atoms with Gasteiger partial charge in [-0.05, 0) is 55.0 Å². The Morgan fingerprint density at radius 2 is 1.80 bits per heavy atom. The number of halogens is 1. The van der Waals surface area contributed by atoms with Crippen molar-refractivity contribution >= 4 is 28.8 Å². The summed E-state index contributed by atoms with van der Waals surface area (Å²) in [5.41, 5.74) is 6.37. The third-order valence-electron chi connectivity index (χ3n) is 7.74. The molecular formula is C33H37ClN4O2S. The molecule has 1 amide bonds. The van der Waals surface area contributed by atoms with E-state index >= 15 is 0 Å². The number of aromatic nitrogens is 2. The molecule has 0 radical (unpaired) electrons. The van der Waals surface area contributed by atoms with Crippen LogP contribution in [0, 0.1) is 0 Å². The molecule has 0 unspecified atom stereocenters. The average Bonchev–Trinajstić information content (AvgIpc) is 3.46. The normalized spacial score (nSPS) is 15.5. The van der Waals surface area contributed by atoms with Gasteiger partial charge in [0, 0.05) is 47.3 Å². The molecule has 3 heterocycles. The number of hydrogen-bond acceptors (Lipinski definition) is 5. The predicted molar refractivity (Wildman–Crippen MR) is 170 cm³/mol. The predicted octanol–water partition coefficient (Wildman–Crippen LogP) is 6.96. The molecule has 214 valence electrons. The molecule has 5 rings (SSSR count). The minimum Gasteiger partial charge on any atom is -0.336 e. The quantitative estimate of drug-likeness (QED) is 0.253. The minimum atomic E-state index is -0.147. The van der Waals surface area contributed by atoms with Crippen LogP contribution in [-0.4, -0.2) is 46.0 Å². The van der Waals surface area contributed by atoms with Crippen LogP contribution in [0.1, 0.15) is 67.7 Å². The van der Waals surface area contributed by atoms with Crippen LogP contribution in [0.5, 0.6) is 0 Å². The molecule has 0 saturated carbocycles. The Morgan fingerprint density at radius 1 is 1.12 bits per heavy atom. The number of pyridine rings is 1. The van der Waals surface area contributed by atoms with Crippen molar-refractivity contribution in [2.45, 2.75) is 59.4 Å². The number of nitrogens with zero attached hydrogens (tertiary/aromatic N) is 3. The molecule has 2 aromatic carbocycles. The summed E-state index contributed by atoms with van der Waals surface area (Å²) in [4.78, 5) is 35.7. The number of nitrogens with one attached hydrogen (secondary N) is 1. The lowest BCUT2D eigenvalue weighted by atomic mass is 9.96. The molecule has 0 spiro atoms. The number of hydrogen-bond donors (Lipinski definition) is 1. The van der Waals surface area contributed by atoms with E-state index in [-0.39, 0.29) is 23.4 Å². The fraction of sp³-hybridized carbons (Fsp3) is 0.364. The fourth-order valence-electron chi connectivity index (χ4n) is 5.69. The largest absolute Gasteiger partial charge is 0.336 e. The summed E-state index contributed by atoms with van der Waals surface area (Å²) in [6.45, 7) is 12.4. The maximum Gasteiger partial charge on any atom is 0.265 e. The summed E-state index contributed by atoms with van der Waals surface area (Å²) in [5.74, 6) is -0.106. The van der Waals surface area contributed by atoms with Crippen molar-refractivity contribution in [1.29, 1.82) is 0 Å². The number of thiazole rings is 1. The molecule has 1 saturated heterocycles. The van der Waals surface area contributed by atoms with Gasteiger partial charge in [0.15, 0.2) is 0 Å². The molecule has 1 N–H and O–H groups in total. The van der Waals surface area contributed by atoms with E-state index in [0.717, 1.165) is 53.2 Å². The van der Waals surface area contributed by atoms with E-state index in [9.17, 15) is 9.59 Å². The van der Waals surface area contributed by atoms with Crippen LogP contribution in [0.15, 0.2) is 58.7 Å². The number of carbonyl (C=O) groups is 1. The van der Waals surface area contributed by atoms with Gasteiger partial charge in [-0.25, -0.2) is 4.98 Å². The topological polar surface area (TPSA) is 67.2 Å². The zero-order valence-electron chi connectivity index (χ0n) is 24.3. The number of para-hydroxylation sites is 1. The van der Waals surface area contributed by atoms with Gasteiger partial charge in [-0.2, -0.15) is 0 Å². The molecule has 1 aliphatic heterocycles. The third kappa shape index (κ3) is 5.76. The summed E-state index contributed by atoms with van der Waals surface area (Å²) < 4.78 is 1.83. The van der Waals surface area contributed by atoms with Crippen LogP contribution < -0.4 is 10.9 Å². The van der Waals surface area contributed by atoms with E-state index in [4.69, 9.17) is 16.6 Å². The molecule has 1 fully saturated rings. The highest BCUT2D eigenvalue weighted by molar-refractivity contribution is 7.13. The number of benzene rings is 2. The van der Waals surface area contributed by atoms with Crippen molar-refractivity contribution in [3.05, 3.63) is 91.7 Å². The molecule has 0 bridgehead atoms. The van der Waals surface area contributed by atoms with Crippen LogP contribution in [0.25, 0.3) is 27.5 Å². The third-order valence-corrected chi connectivity index (χ3v) is 8.86. The Hall–Kier alpha value is -3.26. The fourth-order valence-corrected chi connectivity index (χ4v) is 6.65. The molecule has 6 nitrogen and oxygen atoms in total. The van der Waals surface area contributed by atoms with Gasteiger partial charge in [0.1, 0.15) is 5.01 Å². The van der Waals surface area contributed by atoms with Crippen LogP contribution >= 0.6 is 22.9 Å². The van der Waals surface area contributed by atoms with Gasteiger partial charge in [0.2, 0.25) is 0 Å². The summed E-state index contributed by atoms with van der Waals surface area (Å²) in [6, 6.07) is 15.7. The first kappa shape index (κ1) is 29.2.